The van der Waals surface area contributed by atoms with Crippen LogP contribution in [0.2, 0.25) is 0 Å². The minimum atomic E-state index is -0.599. The van der Waals surface area contributed by atoms with Gasteiger partial charge in [-0.2, -0.15) is 11.8 Å². The molecule has 1 unspecified atom stereocenters. The molecule has 1 aromatic carbocycles. The van der Waals surface area contributed by atoms with Crippen molar-refractivity contribution < 1.29 is 9.84 Å². The fraction of sp³-hybridized carbons (Fsp3) is 0.588. The first-order chi connectivity index (χ1) is 10.9. The predicted molar refractivity (Wildman–Crippen MR) is 99.5 cm³/mol. The zero-order valence-corrected chi connectivity index (χ0v) is 15.5. The van der Waals surface area contributed by atoms with Crippen LogP contribution in [0.3, 0.4) is 0 Å². The van der Waals surface area contributed by atoms with Crippen molar-refractivity contribution in [2.45, 2.75) is 31.6 Å². The summed E-state index contributed by atoms with van der Waals surface area (Å²) in [6.07, 6.45) is 1.49. The highest BCUT2D eigenvalue weighted by Gasteiger charge is 2.15. The van der Waals surface area contributed by atoms with Crippen LogP contribution in [-0.2, 0) is 0 Å². The lowest BCUT2D eigenvalue weighted by atomic mass is 10.1. The lowest BCUT2D eigenvalue weighted by Crippen LogP contribution is -2.40. The van der Waals surface area contributed by atoms with E-state index in [0.717, 1.165) is 23.8 Å². The number of methoxy groups -OCH3 is 1. The van der Waals surface area contributed by atoms with Crippen LogP contribution in [0, 0.1) is 0 Å². The van der Waals surface area contributed by atoms with E-state index in [1.165, 1.54) is 0 Å². The molecule has 0 aliphatic carbocycles. The Kier molecular flexibility index (Phi) is 8.26. The fourth-order valence-electron chi connectivity index (χ4n) is 1.81. The van der Waals surface area contributed by atoms with E-state index in [0.29, 0.717) is 13.1 Å². The second-order valence-corrected chi connectivity index (χ2v) is 7.34. The molecule has 6 heteroatoms. The molecule has 0 heterocycles. The third kappa shape index (κ3) is 7.14. The first kappa shape index (κ1) is 19.6. The molecule has 0 radical (unpaired) electrons. The van der Waals surface area contributed by atoms with Crippen molar-refractivity contribution in [2.24, 2.45) is 4.99 Å². The number of hydrogen-bond donors (Lipinski definition) is 3. The second-order valence-electron chi connectivity index (χ2n) is 5.83. The standard InChI is InChI=1S/C17H29N3O2S/c1-6-18-16(20-12-17(2,3)23-5)19-11-15(21)13-7-9-14(22-4)10-8-13/h7-10,15,21H,6,11-12H2,1-5H3,(H2,18,19,20). The highest BCUT2D eigenvalue weighted by molar-refractivity contribution is 7.99. The Bertz CT molecular complexity index is 489. The van der Waals surface area contributed by atoms with Gasteiger partial charge >= 0.3 is 0 Å². The van der Waals surface area contributed by atoms with Gasteiger partial charge in [0.2, 0.25) is 0 Å². The molecule has 1 aromatic rings. The Morgan fingerprint density at radius 3 is 2.48 bits per heavy atom. The molecule has 1 rings (SSSR count). The third-order valence-electron chi connectivity index (χ3n) is 3.48. The maximum Gasteiger partial charge on any atom is 0.191 e. The molecule has 0 saturated carbocycles. The number of nitrogens with one attached hydrogen (secondary N) is 2. The summed E-state index contributed by atoms with van der Waals surface area (Å²) in [5, 5.41) is 16.7. The van der Waals surface area contributed by atoms with E-state index in [1.807, 2.05) is 31.2 Å². The summed E-state index contributed by atoms with van der Waals surface area (Å²) in [7, 11) is 1.63. The van der Waals surface area contributed by atoms with Crippen molar-refractivity contribution in [3.63, 3.8) is 0 Å². The van der Waals surface area contributed by atoms with Crippen molar-refractivity contribution in [3.05, 3.63) is 29.8 Å². The number of nitrogens with zero attached hydrogens (tertiary/aromatic N) is 1. The van der Waals surface area contributed by atoms with Crippen molar-refractivity contribution in [1.82, 2.24) is 10.6 Å². The fourth-order valence-corrected chi connectivity index (χ4v) is 2.01. The average molecular weight is 340 g/mol. The smallest absolute Gasteiger partial charge is 0.191 e. The van der Waals surface area contributed by atoms with Crippen LogP contribution in [-0.4, -0.2) is 48.8 Å². The van der Waals surface area contributed by atoms with E-state index >= 15 is 0 Å². The quantitative estimate of drug-likeness (QED) is 0.501. The normalized spacial score (nSPS) is 13.6. The summed E-state index contributed by atoms with van der Waals surface area (Å²) < 4.78 is 5.22. The van der Waals surface area contributed by atoms with Crippen molar-refractivity contribution in [2.75, 3.05) is 33.0 Å². The van der Waals surface area contributed by atoms with Gasteiger partial charge in [-0.05, 0) is 44.7 Å². The van der Waals surface area contributed by atoms with E-state index in [-0.39, 0.29) is 4.75 Å². The van der Waals surface area contributed by atoms with Crippen LogP contribution >= 0.6 is 11.8 Å². The molecule has 5 nitrogen and oxygen atoms in total. The number of aliphatic hydroxyl groups excluding tert-OH is 1. The van der Waals surface area contributed by atoms with E-state index < -0.39 is 6.10 Å². The van der Waals surface area contributed by atoms with Gasteiger partial charge in [-0.1, -0.05) is 12.1 Å². The van der Waals surface area contributed by atoms with Crippen LogP contribution < -0.4 is 15.4 Å². The molecular weight excluding hydrogens is 310 g/mol. The SMILES string of the molecule is CCNC(=NCC(C)(C)SC)NCC(O)c1ccc(OC)cc1. The number of hydrogen-bond acceptors (Lipinski definition) is 4. The van der Waals surface area contributed by atoms with Crippen molar-refractivity contribution >= 4 is 17.7 Å². The first-order valence-corrected chi connectivity index (χ1v) is 9.03. The van der Waals surface area contributed by atoms with Gasteiger partial charge in [-0.3, -0.25) is 4.99 Å². The van der Waals surface area contributed by atoms with Gasteiger partial charge in [0, 0.05) is 17.8 Å². The number of ether oxygens (including phenoxy) is 1. The van der Waals surface area contributed by atoms with Crippen LogP contribution in [0.15, 0.2) is 29.3 Å². The molecule has 0 bridgehead atoms. The maximum atomic E-state index is 10.3. The lowest BCUT2D eigenvalue weighted by molar-refractivity contribution is 0.180. The summed E-state index contributed by atoms with van der Waals surface area (Å²) >= 11 is 1.79. The number of thioether (sulfide) groups is 1. The van der Waals surface area contributed by atoms with Gasteiger partial charge in [0.05, 0.1) is 19.8 Å². The second kappa shape index (κ2) is 9.67. The monoisotopic (exact) mass is 339 g/mol. The molecule has 130 valence electrons. The Labute approximate surface area is 143 Å². The predicted octanol–water partition coefficient (Wildman–Crippen LogP) is 2.43. The average Bonchev–Trinajstić information content (AvgIpc) is 2.57. The van der Waals surface area contributed by atoms with Gasteiger partial charge in [-0.15, -0.1) is 0 Å². The molecular formula is C17H29N3O2S. The summed E-state index contributed by atoms with van der Waals surface area (Å²) in [5.74, 6) is 1.50. The molecule has 1 atom stereocenters. The Morgan fingerprint density at radius 2 is 1.96 bits per heavy atom. The zero-order chi connectivity index (χ0) is 17.3. The molecule has 0 spiro atoms. The van der Waals surface area contributed by atoms with Gasteiger partial charge in [-0.25, -0.2) is 0 Å². The summed E-state index contributed by atoms with van der Waals surface area (Å²) in [5.41, 5.74) is 0.846. The van der Waals surface area contributed by atoms with E-state index in [4.69, 9.17) is 4.74 Å². The van der Waals surface area contributed by atoms with Gasteiger partial charge < -0.3 is 20.5 Å². The number of aliphatic hydroxyl groups is 1. The van der Waals surface area contributed by atoms with Crippen molar-refractivity contribution in [3.8, 4) is 5.75 Å². The molecule has 0 amide bonds. The molecule has 0 aromatic heterocycles. The summed E-state index contributed by atoms with van der Waals surface area (Å²) in [6, 6.07) is 7.43. The third-order valence-corrected chi connectivity index (χ3v) is 4.71. The molecule has 0 aliphatic heterocycles. The van der Waals surface area contributed by atoms with Gasteiger partial charge in [0.15, 0.2) is 5.96 Å². The van der Waals surface area contributed by atoms with Crippen LogP contribution in [0.5, 0.6) is 5.75 Å². The van der Waals surface area contributed by atoms with Crippen LogP contribution in [0.4, 0.5) is 0 Å². The molecule has 0 aliphatic rings. The Balaban J connectivity index is 2.61. The highest BCUT2D eigenvalue weighted by atomic mass is 32.2. The molecule has 23 heavy (non-hydrogen) atoms. The van der Waals surface area contributed by atoms with Crippen LogP contribution in [0.25, 0.3) is 0 Å². The summed E-state index contributed by atoms with van der Waals surface area (Å²) in [6.45, 7) is 8.24. The Morgan fingerprint density at radius 1 is 1.30 bits per heavy atom. The van der Waals surface area contributed by atoms with E-state index in [9.17, 15) is 5.11 Å². The first-order valence-electron chi connectivity index (χ1n) is 7.81. The zero-order valence-electron chi connectivity index (χ0n) is 14.7. The molecule has 0 fully saturated rings. The minimum absolute atomic E-state index is 0.0942. The van der Waals surface area contributed by atoms with Gasteiger partial charge in [0.1, 0.15) is 5.75 Å². The number of aliphatic imine (C=N–C) groups is 1. The lowest BCUT2D eigenvalue weighted by Gasteiger charge is -2.21. The topological polar surface area (TPSA) is 65.9 Å². The van der Waals surface area contributed by atoms with Crippen LogP contribution in [0.1, 0.15) is 32.4 Å². The summed E-state index contributed by atoms with van der Waals surface area (Å²) in [4.78, 5) is 4.59. The van der Waals surface area contributed by atoms with E-state index in [1.54, 1.807) is 18.9 Å². The number of benzene rings is 1. The highest BCUT2D eigenvalue weighted by Crippen LogP contribution is 2.21. The minimum Gasteiger partial charge on any atom is -0.497 e. The maximum absolute atomic E-state index is 10.3. The Hall–Kier alpha value is -1.40. The largest absolute Gasteiger partial charge is 0.497 e. The molecule has 0 saturated heterocycles. The van der Waals surface area contributed by atoms with Crippen molar-refractivity contribution in [1.29, 1.82) is 0 Å². The van der Waals surface area contributed by atoms with E-state index in [2.05, 4.69) is 35.7 Å². The number of rotatable bonds is 8. The number of guanidine groups is 1. The van der Waals surface area contributed by atoms with Gasteiger partial charge in [0.25, 0.3) is 0 Å². The molecule has 3 N–H and O–H groups in total.